The van der Waals surface area contributed by atoms with Crippen LogP contribution in [-0.2, 0) is 0 Å². The lowest BCUT2D eigenvalue weighted by atomic mass is 10.4. The molecule has 1 aromatic heterocycles. The standard InChI is InChI=1S/C7H8N6O2/c1-9-11-5-12(8)7-3-2-6(4-10-7)13(14)15/h2-5H,1,8H2/b11-5-. The first-order valence-corrected chi connectivity index (χ1v) is 3.78. The summed E-state index contributed by atoms with van der Waals surface area (Å²) < 4.78 is 0. The molecule has 0 spiro atoms. The zero-order valence-electron chi connectivity index (χ0n) is 7.65. The number of nitrogens with two attached hydrogens (primary N) is 1. The summed E-state index contributed by atoms with van der Waals surface area (Å²) in [4.78, 5) is 13.5. The zero-order chi connectivity index (χ0) is 11.3. The number of pyridine rings is 1. The van der Waals surface area contributed by atoms with E-state index in [0.29, 0.717) is 5.82 Å². The molecule has 1 heterocycles. The second-order valence-corrected chi connectivity index (χ2v) is 2.41. The molecule has 0 fully saturated rings. The van der Waals surface area contributed by atoms with E-state index in [1.54, 1.807) is 0 Å². The number of hydrogen-bond acceptors (Lipinski definition) is 6. The molecule has 0 amide bonds. The Bertz CT molecular complexity index is 387. The van der Waals surface area contributed by atoms with Gasteiger partial charge in [-0.1, -0.05) is 0 Å². The van der Waals surface area contributed by atoms with Crippen LogP contribution in [0.2, 0.25) is 0 Å². The Kier molecular flexibility index (Phi) is 3.41. The summed E-state index contributed by atoms with van der Waals surface area (Å²) >= 11 is 0. The molecule has 0 aliphatic carbocycles. The predicted octanol–water partition coefficient (Wildman–Crippen LogP) is 0.314. The summed E-state index contributed by atoms with van der Waals surface area (Å²) in [6.07, 6.45) is 2.28. The van der Waals surface area contributed by atoms with Crippen molar-refractivity contribution in [2.45, 2.75) is 0 Å². The lowest BCUT2D eigenvalue weighted by Crippen LogP contribution is -2.29. The Hall–Kier alpha value is -2.35. The molecule has 0 unspecified atom stereocenters. The number of anilines is 1. The maximum absolute atomic E-state index is 10.3. The van der Waals surface area contributed by atoms with Crippen LogP contribution in [0.15, 0.2) is 28.5 Å². The van der Waals surface area contributed by atoms with Gasteiger partial charge in [0.2, 0.25) is 0 Å². The van der Waals surface area contributed by atoms with E-state index in [1.807, 2.05) is 0 Å². The molecule has 0 aliphatic heterocycles. The van der Waals surface area contributed by atoms with E-state index in [0.717, 1.165) is 11.2 Å². The molecule has 1 rings (SSSR count). The third-order valence-electron chi connectivity index (χ3n) is 1.47. The number of aromatic nitrogens is 1. The first kappa shape index (κ1) is 10.7. The molecule has 0 saturated carbocycles. The van der Waals surface area contributed by atoms with Gasteiger partial charge in [0.15, 0.2) is 0 Å². The van der Waals surface area contributed by atoms with E-state index in [2.05, 4.69) is 21.9 Å². The summed E-state index contributed by atoms with van der Waals surface area (Å²) in [5, 5.41) is 18.0. The van der Waals surface area contributed by atoms with Crippen molar-refractivity contribution in [2.24, 2.45) is 16.0 Å². The van der Waals surface area contributed by atoms with Crippen LogP contribution >= 0.6 is 0 Å². The number of nitrogens with zero attached hydrogens (tertiary/aromatic N) is 5. The van der Waals surface area contributed by atoms with Crippen LogP contribution in [0.5, 0.6) is 0 Å². The SMILES string of the molecule is C=N/N=C\N(N)c1ccc([N+](=O)[O-])cn1. The van der Waals surface area contributed by atoms with Gasteiger partial charge in [0, 0.05) is 12.8 Å². The molecule has 0 saturated heterocycles. The molecule has 8 nitrogen and oxygen atoms in total. The highest BCUT2D eigenvalue weighted by molar-refractivity contribution is 5.75. The lowest BCUT2D eigenvalue weighted by Gasteiger charge is -2.09. The van der Waals surface area contributed by atoms with Crippen LogP contribution in [-0.4, -0.2) is 23.0 Å². The first-order valence-electron chi connectivity index (χ1n) is 3.78. The molecule has 78 valence electrons. The molecule has 0 atom stereocenters. The van der Waals surface area contributed by atoms with Crippen LogP contribution in [0, 0.1) is 10.1 Å². The quantitative estimate of drug-likeness (QED) is 0.252. The Labute approximate surface area is 84.9 Å². The Morgan fingerprint density at radius 2 is 2.40 bits per heavy atom. The van der Waals surface area contributed by atoms with Gasteiger partial charge in [-0.25, -0.2) is 15.8 Å². The Morgan fingerprint density at radius 1 is 1.67 bits per heavy atom. The van der Waals surface area contributed by atoms with E-state index in [4.69, 9.17) is 5.84 Å². The van der Waals surface area contributed by atoms with Crippen molar-refractivity contribution >= 4 is 24.6 Å². The Balaban J connectivity index is 2.83. The topological polar surface area (TPSA) is 110 Å². The van der Waals surface area contributed by atoms with Gasteiger partial charge in [-0.2, -0.15) is 5.10 Å². The van der Waals surface area contributed by atoms with Crippen molar-refractivity contribution in [2.75, 3.05) is 5.01 Å². The van der Waals surface area contributed by atoms with Gasteiger partial charge in [-0.05, 0) is 6.07 Å². The number of rotatable bonds is 4. The third-order valence-corrected chi connectivity index (χ3v) is 1.47. The molecular formula is C7H8N6O2. The van der Waals surface area contributed by atoms with Gasteiger partial charge in [-0.3, -0.25) is 10.1 Å². The van der Waals surface area contributed by atoms with Crippen molar-refractivity contribution in [3.05, 3.63) is 28.4 Å². The van der Waals surface area contributed by atoms with Gasteiger partial charge < -0.3 is 0 Å². The highest BCUT2D eigenvalue weighted by Crippen LogP contribution is 2.12. The van der Waals surface area contributed by atoms with Gasteiger partial charge in [0.1, 0.15) is 18.4 Å². The molecule has 0 radical (unpaired) electrons. The average Bonchev–Trinajstić information content (AvgIpc) is 2.26. The van der Waals surface area contributed by atoms with Crippen molar-refractivity contribution in [1.82, 2.24) is 4.98 Å². The van der Waals surface area contributed by atoms with Crippen molar-refractivity contribution < 1.29 is 4.92 Å². The molecule has 2 N–H and O–H groups in total. The minimum absolute atomic E-state index is 0.106. The van der Waals surface area contributed by atoms with Crippen LogP contribution < -0.4 is 10.9 Å². The zero-order valence-corrected chi connectivity index (χ0v) is 7.65. The first-order chi connectivity index (χ1) is 7.15. The maximum Gasteiger partial charge on any atom is 0.287 e. The number of nitro groups is 1. The summed E-state index contributed by atoms with van der Waals surface area (Å²) in [6.45, 7) is 3.12. The fraction of sp³-hybridized carbons (Fsp3) is 0. The number of hydrazine groups is 1. The minimum atomic E-state index is -0.545. The van der Waals surface area contributed by atoms with Crippen molar-refractivity contribution in [3.8, 4) is 0 Å². The van der Waals surface area contributed by atoms with Crippen LogP contribution in [0.3, 0.4) is 0 Å². The highest BCUT2D eigenvalue weighted by Gasteiger charge is 2.06. The smallest absolute Gasteiger partial charge is 0.258 e. The largest absolute Gasteiger partial charge is 0.287 e. The molecule has 8 heteroatoms. The average molecular weight is 208 g/mol. The molecule has 1 aromatic rings. The van der Waals surface area contributed by atoms with Crippen LogP contribution in [0.4, 0.5) is 11.5 Å². The lowest BCUT2D eigenvalue weighted by molar-refractivity contribution is -0.385. The van der Waals surface area contributed by atoms with Crippen LogP contribution in [0.1, 0.15) is 0 Å². The van der Waals surface area contributed by atoms with E-state index < -0.39 is 4.92 Å². The minimum Gasteiger partial charge on any atom is -0.258 e. The second kappa shape index (κ2) is 4.77. The summed E-state index contributed by atoms with van der Waals surface area (Å²) in [6, 6.07) is 2.69. The summed E-state index contributed by atoms with van der Waals surface area (Å²) in [5.74, 6) is 5.78. The molecule has 0 aromatic carbocycles. The van der Waals surface area contributed by atoms with Gasteiger partial charge in [0.25, 0.3) is 5.69 Å². The predicted molar refractivity (Wildman–Crippen MR) is 55.6 cm³/mol. The molecule has 0 bridgehead atoms. The fourth-order valence-corrected chi connectivity index (χ4v) is 0.790. The van der Waals surface area contributed by atoms with Gasteiger partial charge in [-0.15, -0.1) is 5.10 Å². The number of hydrogen-bond donors (Lipinski definition) is 1. The van der Waals surface area contributed by atoms with E-state index in [1.165, 1.54) is 18.5 Å². The molecule has 0 aliphatic rings. The van der Waals surface area contributed by atoms with E-state index in [-0.39, 0.29) is 5.69 Å². The summed E-state index contributed by atoms with van der Waals surface area (Å²) in [5.41, 5.74) is -0.106. The van der Waals surface area contributed by atoms with Gasteiger partial charge >= 0.3 is 0 Å². The summed E-state index contributed by atoms with van der Waals surface area (Å²) in [7, 11) is 0. The highest BCUT2D eigenvalue weighted by atomic mass is 16.6. The van der Waals surface area contributed by atoms with Gasteiger partial charge in [0.05, 0.1) is 4.92 Å². The normalized spacial score (nSPS) is 10.2. The van der Waals surface area contributed by atoms with Crippen molar-refractivity contribution in [3.63, 3.8) is 0 Å². The van der Waals surface area contributed by atoms with Crippen molar-refractivity contribution in [1.29, 1.82) is 0 Å². The fourth-order valence-electron chi connectivity index (χ4n) is 0.790. The second-order valence-electron chi connectivity index (χ2n) is 2.41. The van der Waals surface area contributed by atoms with E-state index >= 15 is 0 Å². The Morgan fingerprint density at radius 3 is 2.87 bits per heavy atom. The van der Waals surface area contributed by atoms with E-state index in [9.17, 15) is 10.1 Å². The monoisotopic (exact) mass is 208 g/mol. The molecular weight excluding hydrogens is 200 g/mol. The maximum atomic E-state index is 10.3. The van der Waals surface area contributed by atoms with Crippen LogP contribution in [0.25, 0.3) is 0 Å². The third kappa shape index (κ3) is 2.81. The molecule has 15 heavy (non-hydrogen) atoms.